The minimum absolute atomic E-state index is 0.102. The highest BCUT2D eigenvalue weighted by Gasteiger charge is 2.14. The van der Waals surface area contributed by atoms with Crippen LogP contribution in [0.5, 0.6) is 0 Å². The van der Waals surface area contributed by atoms with Gasteiger partial charge in [0.2, 0.25) is 0 Å². The van der Waals surface area contributed by atoms with E-state index in [0.29, 0.717) is 10.6 Å². The summed E-state index contributed by atoms with van der Waals surface area (Å²) >= 11 is 1.04. The molecule has 0 aromatic carbocycles. The van der Waals surface area contributed by atoms with Crippen molar-refractivity contribution in [1.29, 1.82) is 0 Å². The van der Waals surface area contributed by atoms with E-state index in [1.165, 1.54) is 18.7 Å². The maximum absolute atomic E-state index is 10.9. The van der Waals surface area contributed by atoms with Crippen molar-refractivity contribution in [3.8, 4) is 10.6 Å². The molecule has 0 atom stereocenters. The molecule has 7 heteroatoms. The molecule has 0 aliphatic carbocycles. The van der Waals surface area contributed by atoms with Gasteiger partial charge in [-0.05, 0) is 12.1 Å². The first-order valence-corrected chi connectivity index (χ1v) is 6.63. The van der Waals surface area contributed by atoms with Crippen LogP contribution in [0.25, 0.3) is 10.6 Å². The lowest BCUT2D eigenvalue weighted by molar-refractivity contribution is 0.573. The molecule has 0 spiro atoms. The van der Waals surface area contributed by atoms with Crippen molar-refractivity contribution in [3.63, 3.8) is 0 Å². The first kappa shape index (κ1) is 9.70. The Labute approximate surface area is 88.6 Å². The van der Waals surface area contributed by atoms with Gasteiger partial charge < -0.3 is 4.42 Å². The highest BCUT2D eigenvalue weighted by molar-refractivity contribution is 8.15. The third-order valence-corrected chi connectivity index (χ3v) is 4.69. The Balaban J connectivity index is 2.46. The average molecular weight is 250 g/mol. The fourth-order valence-electron chi connectivity index (χ4n) is 0.921. The lowest BCUT2D eigenvalue weighted by Gasteiger charge is -1.87. The largest absolute Gasteiger partial charge is 0.443 e. The van der Waals surface area contributed by atoms with Crippen LogP contribution in [0.4, 0.5) is 0 Å². The lowest BCUT2D eigenvalue weighted by atomic mass is 10.4. The predicted molar refractivity (Wildman–Crippen MR) is 52.9 cm³/mol. The fourth-order valence-corrected chi connectivity index (χ4v) is 2.95. The molecule has 0 N–H and O–H groups in total. The number of nitrogens with zero attached hydrogens (tertiary/aromatic N) is 1. The molecule has 0 bridgehead atoms. The Bertz CT molecular complexity index is 529. The van der Waals surface area contributed by atoms with Crippen LogP contribution in [0.15, 0.2) is 33.3 Å². The van der Waals surface area contributed by atoms with Gasteiger partial charge in [-0.2, -0.15) is 0 Å². The maximum atomic E-state index is 10.9. The van der Waals surface area contributed by atoms with Crippen molar-refractivity contribution in [2.45, 2.75) is 4.21 Å². The first-order valence-electron chi connectivity index (χ1n) is 3.51. The zero-order valence-corrected chi connectivity index (χ0v) is 9.06. The summed E-state index contributed by atoms with van der Waals surface area (Å²) in [6, 6.07) is 3.06. The zero-order chi connectivity index (χ0) is 10.2. The van der Waals surface area contributed by atoms with Crippen molar-refractivity contribution < 1.29 is 12.8 Å². The molecule has 0 aliphatic rings. The SMILES string of the molecule is O=S(=O)(Cl)c1ccc(-c2cnco2)s1. The van der Waals surface area contributed by atoms with Crippen molar-refractivity contribution in [2.24, 2.45) is 0 Å². The molecule has 0 radical (unpaired) electrons. The van der Waals surface area contributed by atoms with Gasteiger partial charge in [0, 0.05) is 10.7 Å². The van der Waals surface area contributed by atoms with Gasteiger partial charge in [-0.1, -0.05) is 0 Å². The zero-order valence-electron chi connectivity index (χ0n) is 6.68. The smallest absolute Gasteiger partial charge is 0.270 e. The van der Waals surface area contributed by atoms with E-state index >= 15 is 0 Å². The molecule has 74 valence electrons. The molecule has 0 amide bonds. The second-order valence-corrected chi connectivity index (χ2v) is 6.30. The fraction of sp³-hybridized carbons (Fsp3) is 0. The molecule has 0 fully saturated rings. The molecule has 2 aromatic heterocycles. The summed E-state index contributed by atoms with van der Waals surface area (Å²) < 4.78 is 27.0. The summed E-state index contributed by atoms with van der Waals surface area (Å²) in [5.41, 5.74) is 0. The van der Waals surface area contributed by atoms with Gasteiger partial charge in [-0.25, -0.2) is 13.4 Å². The van der Waals surface area contributed by atoms with E-state index in [1.807, 2.05) is 0 Å². The molecule has 0 saturated heterocycles. The summed E-state index contributed by atoms with van der Waals surface area (Å²) in [7, 11) is 1.53. The van der Waals surface area contributed by atoms with Crippen LogP contribution in [-0.2, 0) is 9.05 Å². The van der Waals surface area contributed by atoms with Crippen molar-refractivity contribution in [3.05, 3.63) is 24.7 Å². The Morgan fingerprint density at radius 1 is 1.43 bits per heavy atom. The van der Waals surface area contributed by atoms with Crippen LogP contribution in [0.3, 0.4) is 0 Å². The molecule has 0 saturated carbocycles. The Morgan fingerprint density at radius 3 is 2.71 bits per heavy atom. The van der Waals surface area contributed by atoms with Gasteiger partial charge in [-0.3, -0.25) is 0 Å². The number of hydrogen-bond donors (Lipinski definition) is 0. The highest BCUT2D eigenvalue weighted by Crippen LogP contribution is 2.31. The van der Waals surface area contributed by atoms with Crippen LogP contribution >= 0.6 is 22.0 Å². The van der Waals surface area contributed by atoms with Crippen LogP contribution < -0.4 is 0 Å². The van der Waals surface area contributed by atoms with E-state index in [9.17, 15) is 8.42 Å². The van der Waals surface area contributed by atoms with Gasteiger partial charge in [0.25, 0.3) is 9.05 Å². The number of oxazole rings is 1. The summed E-state index contributed by atoms with van der Waals surface area (Å²) in [5.74, 6) is 0.529. The topological polar surface area (TPSA) is 60.2 Å². The minimum Gasteiger partial charge on any atom is -0.443 e. The van der Waals surface area contributed by atoms with Gasteiger partial charge in [0.15, 0.2) is 12.2 Å². The van der Waals surface area contributed by atoms with Crippen molar-refractivity contribution >= 4 is 31.1 Å². The Hall–Kier alpha value is -0.850. The number of rotatable bonds is 2. The lowest BCUT2D eigenvalue weighted by Crippen LogP contribution is -1.82. The van der Waals surface area contributed by atoms with Gasteiger partial charge >= 0.3 is 0 Å². The molecule has 4 nitrogen and oxygen atoms in total. The monoisotopic (exact) mass is 249 g/mol. The van der Waals surface area contributed by atoms with E-state index in [0.717, 1.165) is 11.3 Å². The number of thiophene rings is 1. The number of hydrogen-bond acceptors (Lipinski definition) is 5. The second kappa shape index (κ2) is 3.38. The second-order valence-electron chi connectivity index (χ2n) is 2.42. The average Bonchev–Trinajstić information content (AvgIpc) is 2.73. The van der Waals surface area contributed by atoms with Crippen molar-refractivity contribution in [2.75, 3.05) is 0 Å². The van der Waals surface area contributed by atoms with Crippen LogP contribution in [0, 0.1) is 0 Å². The maximum Gasteiger partial charge on any atom is 0.270 e. The molecular weight excluding hydrogens is 246 g/mol. The summed E-state index contributed by atoms with van der Waals surface area (Å²) in [4.78, 5) is 4.41. The van der Waals surface area contributed by atoms with Gasteiger partial charge in [0.05, 0.1) is 11.1 Å². The van der Waals surface area contributed by atoms with Gasteiger partial charge in [0.1, 0.15) is 4.21 Å². The summed E-state index contributed by atoms with van der Waals surface area (Å²) in [5, 5.41) is 0. The first-order chi connectivity index (χ1) is 6.57. The highest BCUT2D eigenvalue weighted by atomic mass is 35.7. The summed E-state index contributed by atoms with van der Waals surface area (Å²) in [6.45, 7) is 0. The van der Waals surface area contributed by atoms with Crippen LogP contribution in [0.1, 0.15) is 0 Å². The number of halogens is 1. The number of aromatic nitrogens is 1. The normalized spacial score (nSPS) is 11.8. The standard InChI is InChI=1S/C7H4ClNO3S2/c8-14(10,11)7-2-1-6(13-7)5-3-9-4-12-5/h1-4H. The molecular formula is C7H4ClNO3S2. The minimum atomic E-state index is -3.64. The molecule has 2 rings (SSSR count). The van der Waals surface area contributed by atoms with Crippen LogP contribution in [0.2, 0.25) is 0 Å². The Morgan fingerprint density at radius 2 is 2.21 bits per heavy atom. The van der Waals surface area contributed by atoms with E-state index in [4.69, 9.17) is 15.1 Å². The Kier molecular flexibility index (Phi) is 2.34. The third kappa shape index (κ3) is 1.82. The van der Waals surface area contributed by atoms with Crippen molar-refractivity contribution in [1.82, 2.24) is 4.98 Å². The van der Waals surface area contributed by atoms with Crippen LogP contribution in [-0.4, -0.2) is 13.4 Å². The predicted octanol–water partition coefficient (Wildman–Crippen LogP) is 2.33. The quantitative estimate of drug-likeness (QED) is 0.767. The van der Waals surface area contributed by atoms with Gasteiger partial charge in [-0.15, -0.1) is 11.3 Å². The molecule has 2 heterocycles. The van der Waals surface area contributed by atoms with E-state index in [1.54, 1.807) is 6.07 Å². The molecule has 2 aromatic rings. The molecule has 0 unspecified atom stereocenters. The molecule has 0 aliphatic heterocycles. The summed E-state index contributed by atoms with van der Waals surface area (Å²) in [6.07, 6.45) is 2.79. The molecule has 14 heavy (non-hydrogen) atoms. The van der Waals surface area contributed by atoms with E-state index in [2.05, 4.69) is 4.98 Å². The van der Waals surface area contributed by atoms with E-state index < -0.39 is 9.05 Å². The third-order valence-electron chi connectivity index (χ3n) is 1.50. The van der Waals surface area contributed by atoms with E-state index in [-0.39, 0.29) is 4.21 Å².